The highest BCUT2D eigenvalue weighted by molar-refractivity contribution is 9.10. The smallest absolute Gasteiger partial charge is 0.347 e. The normalized spacial score (nSPS) is 11.1. The number of esters is 1. The highest BCUT2D eigenvalue weighted by Gasteiger charge is 2.18. The molecule has 0 heterocycles. The van der Waals surface area contributed by atoms with E-state index in [0.717, 1.165) is 10.0 Å². The number of hydrogen-bond acceptors (Lipinski definition) is 3. The fourth-order valence-electron chi connectivity index (χ4n) is 2.02. The zero-order valence-corrected chi connectivity index (χ0v) is 14.7. The number of carbonyl (C=O) groups is 1. The summed E-state index contributed by atoms with van der Waals surface area (Å²) in [5.41, 5.74) is 1.60. The molecule has 0 unspecified atom stereocenters. The first kappa shape index (κ1) is 16.6. The summed E-state index contributed by atoms with van der Waals surface area (Å²) >= 11 is 3.47. The molecule has 0 bridgehead atoms. The van der Waals surface area contributed by atoms with E-state index in [4.69, 9.17) is 9.47 Å². The Bertz CT molecular complexity index is 687. The van der Waals surface area contributed by atoms with Gasteiger partial charge in [-0.05, 0) is 51.2 Å². The third-order valence-electron chi connectivity index (χ3n) is 3.33. The maximum atomic E-state index is 12.3. The molecule has 4 heteroatoms. The second kappa shape index (κ2) is 6.53. The van der Waals surface area contributed by atoms with Crippen molar-refractivity contribution in [1.82, 2.24) is 0 Å². The Kier molecular flexibility index (Phi) is 4.91. The van der Waals surface area contributed by atoms with Crippen molar-refractivity contribution in [2.45, 2.75) is 26.2 Å². The number of carbonyl (C=O) groups excluding carboxylic acids is 1. The van der Waals surface area contributed by atoms with Gasteiger partial charge in [-0.1, -0.05) is 39.0 Å². The van der Waals surface area contributed by atoms with Crippen LogP contribution in [0.2, 0.25) is 0 Å². The summed E-state index contributed by atoms with van der Waals surface area (Å²) in [5.74, 6) is 0.542. The van der Waals surface area contributed by atoms with Gasteiger partial charge in [0.15, 0.2) is 0 Å². The molecule has 0 saturated carbocycles. The molecule has 2 rings (SSSR count). The molecule has 0 fully saturated rings. The predicted octanol–water partition coefficient (Wildman–Crippen LogP) is 4.97. The number of methoxy groups -OCH3 is 1. The molecule has 0 aliphatic carbocycles. The molecule has 116 valence electrons. The zero-order chi connectivity index (χ0) is 16.3. The van der Waals surface area contributed by atoms with E-state index in [9.17, 15) is 4.79 Å². The molecule has 0 atom stereocenters. The first-order chi connectivity index (χ1) is 10.3. The van der Waals surface area contributed by atoms with Crippen LogP contribution in [0.4, 0.5) is 0 Å². The number of halogens is 1. The summed E-state index contributed by atoms with van der Waals surface area (Å²) < 4.78 is 11.4. The summed E-state index contributed by atoms with van der Waals surface area (Å²) in [4.78, 5) is 12.3. The minimum Gasteiger partial charge on any atom is -0.496 e. The van der Waals surface area contributed by atoms with E-state index >= 15 is 0 Å². The highest BCUT2D eigenvalue weighted by Crippen LogP contribution is 2.32. The van der Waals surface area contributed by atoms with Crippen LogP contribution in [0, 0.1) is 0 Å². The molecule has 2 aromatic carbocycles. The van der Waals surface area contributed by atoms with Gasteiger partial charge in [-0.25, -0.2) is 4.79 Å². The van der Waals surface area contributed by atoms with Crippen LogP contribution in [0.25, 0.3) is 0 Å². The summed E-state index contributed by atoms with van der Waals surface area (Å²) in [5, 5.41) is 0. The van der Waals surface area contributed by atoms with Crippen molar-refractivity contribution in [3.63, 3.8) is 0 Å². The molecule has 0 spiro atoms. The van der Waals surface area contributed by atoms with E-state index in [2.05, 4.69) is 36.7 Å². The van der Waals surface area contributed by atoms with E-state index in [-0.39, 0.29) is 5.41 Å². The van der Waals surface area contributed by atoms with Crippen molar-refractivity contribution >= 4 is 21.9 Å². The Labute approximate surface area is 139 Å². The van der Waals surface area contributed by atoms with Crippen LogP contribution >= 0.6 is 15.9 Å². The molecule has 0 aliphatic heterocycles. The second-order valence-corrected chi connectivity index (χ2v) is 6.84. The molecule has 0 saturated heterocycles. The van der Waals surface area contributed by atoms with Gasteiger partial charge in [-0.2, -0.15) is 0 Å². The minimum atomic E-state index is -0.443. The van der Waals surface area contributed by atoms with Gasteiger partial charge >= 0.3 is 5.97 Å². The molecular formula is C18H19BrO3. The van der Waals surface area contributed by atoms with E-state index in [1.807, 2.05) is 18.2 Å². The molecule has 0 aliphatic rings. The van der Waals surface area contributed by atoms with Gasteiger partial charge < -0.3 is 9.47 Å². The van der Waals surface area contributed by atoms with Crippen molar-refractivity contribution in [2.24, 2.45) is 0 Å². The van der Waals surface area contributed by atoms with Crippen LogP contribution in [0.5, 0.6) is 11.5 Å². The van der Waals surface area contributed by atoms with Crippen molar-refractivity contribution in [3.05, 3.63) is 58.1 Å². The van der Waals surface area contributed by atoms with Crippen LogP contribution < -0.4 is 9.47 Å². The van der Waals surface area contributed by atoms with Gasteiger partial charge in [0.2, 0.25) is 0 Å². The average molecular weight is 363 g/mol. The van der Waals surface area contributed by atoms with Gasteiger partial charge in [0.25, 0.3) is 0 Å². The maximum Gasteiger partial charge on any atom is 0.347 e. The number of rotatable bonds is 3. The van der Waals surface area contributed by atoms with Crippen LogP contribution in [0.1, 0.15) is 36.7 Å². The molecule has 22 heavy (non-hydrogen) atoms. The fourth-order valence-corrected chi connectivity index (χ4v) is 2.48. The quantitative estimate of drug-likeness (QED) is 0.570. The lowest BCUT2D eigenvalue weighted by Crippen LogP contribution is -2.13. The standard InChI is InChI=1S/C18H19BrO3/c1-18(2,3)12-9-10-16(14(19)11-12)22-17(20)13-7-5-6-8-15(13)21-4/h5-11H,1-4H3. The fraction of sp³-hybridized carbons (Fsp3) is 0.278. The van der Waals surface area contributed by atoms with Crippen LogP contribution in [-0.2, 0) is 5.41 Å². The van der Waals surface area contributed by atoms with Gasteiger partial charge in [0.05, 0.1) is 11.6 Å². The molecule has 0 N–H and O–H groups in total. The molecule has 2 aromatic rings. The van der Waals surface area contributed by atoms with E-state index in [0.29, 0.717) is 17.1 Å². The summed E-state index contributed by atoms with van der Waals surface area (Å²) in [6, 6.07) is 12.7. The van der Waals surface area contributed by atoms with Crippen molar-refractivity contribution in [3.8, 4) is 11.5 Å². The number of hydrogen-bond donors (Lipinski definition) is 0. The van der Waals surface area contributed by atoms with Crippen LogP contribution in [0.15, 0.2) is 46.9 Å². The van der Waals surface area contributed by atoms with E-state index in [1.165, 1.54) is 7.11 Å². The average Bonchev–Trinajstić information content (AvgIpc) is 2.48. The highest BCUT2D eigenvalue weighted by atomic mass is 79.9. The van der Waals surface area contributed by atoms with Crippen molar-refractivity contribution in [2.75, 3.05) is 7.11 Å². The third kappa shape index (κ3) is 3.69. The van der Waals surface area contributed by atoms with Crippen molar-refractivity contribution in [1.29, 1.82) is 0 Å². The lowest BCUT2D eigenvalue weighted by molar-refractivity contribution is 0.0730. The first-order valence-electron chi connectivity index (χ1n) is 6.98. The lowest BCUT2D eigenvalue weighted by atomic mass is 9.87. The second-order valence-electron chi connectivity index (χ2n) is 5.99. The van der Waals surface area contributed by atoms with Crippen LogP contribution in [-0.4, -0.2) is 13.1 Å². The zero-order valence-electron chi connectivity index (χ0n) is 13.1. The number of ether oxygens (including phenoxy) is 2. The van der Waals surface area contributed by atoms with Gasteiger partial charge in [0, 0.05) is 0 Å². The topological polar surface area (TPSA) is 35.5 Å². The number of para-hydroxylation sites is 1. The lowest BCUT2D eigenvalue weighted by Gasteiger charge is -2.20. The first-order valence-corrected chi connectivity index (χ1v) is 7.77. The Morgan fingerprint density at radius 2 is 1.73 bits per heavy atom. The Balaban J connectivity index is 2.26. The molecular weight excluding hydrogens is 344 g/mol. The SMILES string of the molecule is COc1ccccc1C(=O)Oc1ccc(C(C)(C)C)cc1Br. The summed E-state index contributed by atoms with van der Waals surface area (Å²) in [6.07, 6.45) is 0. The summed E-state index contributed by atoms with van der Waals surface area (Å²) in [6.45, 7) is 6.40. The largest absolute Gasteiger partial charge is 0.496 e. The predicted molar refractivity (Wildman–Crippen MR) is 90.8 cm³/mol. The number of benzene rings is 2. The Morgan fingerprint density at radius 3 is 2.32 bits per heavy atom. The Hall–Kier alpha value is -1.81. The molecule has 3 nitrogen and oxygen atoms in total. The summed E-state index contributed by atoms with van der Waals surface area (Å²) in [7, 11) is 1.53. The van der Waals surface area contributed by atoms with Crippen molar-refractivity contribution < 1.29 is 14.3 Å². The van der Waals surface area contributed by atoms with Gasteiger partial charge in [-0.15, -0.1) is 0 Å². The molecule has 0 amide bonds. The van der Waals surface area contributed by atoms with Crippen LogP contribution in [0.3, 0.4) is 0 Å². The maximum absolute atomic E-state index is 12.3. The Morgan fingerprint density at radius 1 is 1.05 bits per heavy atom. The minimum absolute atomic E-state index is 0.0354. The van der Waals surface area contributed by atoms with Gasteiger partial charge in [-0.3, -0.25) is 0 Å². The van der Waals surface area contributed by atoms with E-state index < -0.39 is 5.97 Å². The van der Waals surface area contributed by atoms with E-state index in [1.54, 1.807) is 24.3 Å². The monoisotopic (exact) mass is 362 g/mol. The molecule has 0 aromatic heterocycles. The third-order valence-corrected chi connectivity index (χ3v) is 3.95. The molecule has 0 radical (unpaired) electrons. The van der Waals surface area contributed by atoms with Gasteiger partial charge in [0.1, 0.15) is 17.1 Å².